The second-order valence-electron chi connectivity index (χ2n) is 3.40. The average molecular weight is 207 g/mol. The monoisotopic (exact) mass is 207 g/mol. The van der Waals surface area contributed by atoms with Gasteiger partial charge >= 0.3 is 5.97 Å². The van der Waals surface area contributed by atoms with Gasteiger partial charge < -0.3 is 14.8 Å². The van der Waals surface area contributed by atoms with Crippen LogP contribution in [0.25, 0.3) is 0 Å². The van der Waals surface area contributed by atoms with Gasteiger partial charge in [0.2, 0.25) is 0 Å². The number of esters is 1. The van der Waals surface area contributed by atoms with Crippen molar-refractivity contribution in [2.24, 2.45) is 0 Å². The Hall–Kier alpha value is -1.71. The smallest absolute Gasteiger partial charge is 0.309 e. The molecule has 0 saturated carbocycles. The van der Waals surface area contributed by atoms with E-state index in [9.17, 15) is 4.79 Å². The molecule has 0 aliphatic carbocycles. The van der Waals surface area contributed by atoms with E-state index in [1.165, 1.54) is 7.11 Å². The number of para-hydroxylation sites is 2. The molecule has 0 fully saturated rings. The fraction of sp³-hybridized carbons (Fsp3) is 0.364. The molecule has 1 aliphatic rings. The molecule has 1 aromatic carbocycles. The van der Waals surface area contributed by atoms with E-state index in [-0.39, 0.29) is 18.5 Å². The van der Waals surface area contributed by atoms with E-state index in [0.29, 0.717) is 6.54 Å². The molecule has 1 aliphatic heterocycles. The van der Waals surface area contributed by atoms with Crippen molar-refractivity contribution >= 4 is 11.7 Å². The van der Waals surface area contributed by atoms with E-state index in [1.54, 1.807) is 0 Å². The Bertz CT molecular complexity index is 365. The summed E-state index contributed by atoms with van der Waals surface area (Å²) in [7, 11) is 1.38. The van der Waals surface area contributed by atoms with Crippen LogP contribution in [0, 0.1) is 0 Å². The Morgan fingerprint density at radius 3 is 3.20 bits per heavy atom. The van der Waals surface area contributed by atoms with E-state index in [1.807, 2.05) is 24.3 Å². The van der Waals surface area contributed by atoms with Crippen LogP contribution < -0.4 is 10.1 Å². The first-order valence-corrected chi connectivity index (χ1v) is 4.86. The Morgan fingerprint density at radius 2 is 2.40 bits per heavy atom. The van der Waals surface area contributed by atoms with Crippen molar-refractivity contribution in [2.75, 3.05) is 19.0 Å². The molecule has 0 saturated heterocycles. The van der Waals surface area contributed by atoms with Crippen LogP contribution in [0.2, 0.25) is 0 Å². The van der Waals surface area contributed by atoms with Gasteiger partial charge in [-0.15, -0.1) is 0 Å². The first kappa shape index (κ1) is 9.83. The maximum atomic E-state index is 11.1. The van der Waals surface area contributed by atoms with Crippen LogP contribution in [0.1, 0.15) is 6.42 Å². The van der Waals surface area contributed by atoms with E-state index in [4.69, 9.17) is 4.74 Å². The number of carbonyl (C=O) groups is 1. The van der Waals surface area contributed by atoms with Gasteiger partial charge in [0.05, 0.1) is 25.8 Å². The van der Waals surface area contributed by atoms with Gasteiger partial charge in [-0.1, -0.05) is 12.1 Å². The van der Waals surface area contributed by atoms with Crippen molar-refractivity contribution in [2.45, 2.75) is 12.5 Å². The van der Waals surface area contributed by atoms with E-state index in [2.05, 4.69) is 10.1 Å². The number of ether oxygens (including phenoxy) is 2. The molecule has 1 aromatic rings. The summed E-state index contributed by atoms with van der Waals surface area (Å²) in [5.74, 6) is 0.541. The number of anilines is 1. The zero-order valence-corrected chi connectivity index (χ0v) is 8.53. The minimum absolute atomic E-state index is 0.146. The largest absolute Gasteiger partial charge is 0.486 e. The van der Waals surface area contributed by atoms with E-state index in [0.717, 1.165) is 11.4 Å². The van der Waals surface area contributed by atoms with Crippen molar-refractivity contribution in [3.63, 3.8) is 0 Å². The molecule has 80 valence electrons. The third kappa shape index (κ3) is 2.21. The molecule has 0 radical (unpaired) electrons. The van der Waals surface area contributed by atoms with E-state index >= 15 is 0 Å². The van der Waals surface area contributed by atoms with Gasteiger partial charge in [-0.05, 0) is 12.1 Å². The molecular formula is C11H13NO3. The molecule has 0 aromatic heterocycles. The molecule has 0 spiro atoms. The highest BCUT2D eigenvalue weighted by molar-refractivity contribution is 5.70. The van der Waals surface area contributed by atoms with Crippen molar-refractivity contribution in [3.05, 3.63) is 24.3 Å². The van der Waals surface area contributed by atoms with Crippen molar-refractivity contribution in [1.82, 2.24) is 0 Å². The molecule has 1 unspecified atom stereocenters. The molecule has 2 rings (SSSR count). The van der Waals surface area contributed by atoms with E-state index < -0.39 is 0 Å². The van der Waals surface area contributed by atoms with Gasteiger partial charge in [0.1, 0.15) is 11.9 Å². The summed E-state index contributed by atoms with van der Waals surface area (Å²) in [6, 6.07) is 7.67. The standard InChI is InChI=1S/C11H13NO3/c1-14-11(13)6-8-7-12-9-4-2-3-5-10(9)15-8/h2-5,8,12H,6-7H2,1H3. The maximum absolute atomic E-state index is 11.1. The van der Waals surface area contributed by atoms with Gasteiger partial charge in [0.15, 0.2) is 0 Å². The summed E-state index contributed by atoms with van der Waals surface area (Å²) in [5.41, 5.74) is 0.971. The molecule has 4 heteroatoms. The number of rotatable bonds is 2. The van der Waals surface area contributed by atoms with Crippen LogP contribution in [0.3, 0.4) is 0 Å². The lowest BCUT2D eigenvalue weighted by atomic mass is 10.2. The molecule has 1 N–H and O–H groups in total. The molecule has 1 heterocycles. The minimum Gasteiger partial charge on any atom is -0.486 e. The number of methoxy groups -OCH3 is 1. The first-order chi connectivity index (χ1) is 7.29. The van der Waals surface area contributed by atoms with Gasteiger partial charge in [-0.3, -0.25) is 4.79 Å². The maximum Gasteiger partial charge on any atom is 0.309 e. The lowest BCUT2D eigenvalue weighted by Gasteiger charge is -2.26. The predicted octanol–water partition coefficient (Wildman–Crippen LogP) is 1.42. The first-order valence-electron chi connectivity index (χ1n) is 4.86. The summed E-state index contributed by atoms with van der Waals surface area (Å²) in [6.45, 7) is 0.631. The second kappa shape index (κ2) is 4.21. The summed E-state index contributed by atoms with van der Waals surface area (Å²) in [4.78, 5) is 11.1. The quantitative estimate of drug-likeness (QED) is 0.745. The zero-order valence-electron chi connectivity index (χ0n) is 8.53. The Morgan fingerprint density at radius 1 is 1.60 bits per heavy atom. The van der Waals surface area contributed by atoms with Gasteiger partial charge in [-0.25, -0.2) is 0 Å². The number of hydrogen-bond acceptors (Lipinski definition) is 4. The lowest BCUT2D eigenvalue weighted by molar-refractivity contribution is -0.142. The Labute approximate surface area is 88.2 Å². The number of carbonyl (C=O) groups excluding carboxylic acids is 1. The Kier molecular flexibility index (Phi) is 2.76. The molecular weight excluding hydrogens is 194 g/mol. The normalized spacial score (nSPS) is 18.3. The van der Waals surface area contributed by atoms with Crippen LogP contribution >= 0.6 is 0 Å². The third-order valence-electron chi connectivity index (χ3n) is 2.32. The summed E-state index contributed by atoms with van der Waals surface area (Å²) in [6.07, 6.45) is 0.130. The lowest BCUT2D eigenvalue weighted by Crippen LogP contribution is -2.33. The van der Waals surface area contributed by atoms with Crippen LogP contribution in [0.4, 0.5) is 5.69 Å². The highest BCUT2D eigenvalue weighted by Crippen LogP contribution is 2.28. The van der Waals surface area contributed by atoms with Crippen molar-refractivity contribution in [1.29, 1.82) is 0 Å². The summed E-state index contributed by atoms with van der Waals surface area (Å²) >= 11 is 0. The van der Waals surface area contributed by atoms with Crippen LogP contribution in [0.5, 0.6) is 5.75 Å². The summed E-state index contributed by atoms with van der Waals surface area (Å²) in [5, 5.41) is 3.21. The SMILES string of the molecule is COC(=O)CC1CNc2ccccc2O1. The molecule has 1 atom stereocenters. The van der Waals surface area contributed by atoms with Crippen molar-refractivity contribution < 1.29 is 14.3 Å². The van der Waals surface area contributed by atoms with Gasteiger partial charge in [0.25, 0.3) is 0 Å². The fourth-order valence-electron chi connectivity index (χ4n) is 1.54. The second-order valence-corrected chi connectivity index (χ2v) is 3.40. The third-order valence-corrected chi connectivity index (χ3v) is 2.32. The minimum atomic E-state index is -0.249. The van der Waals surface area contributed by atoms with Crippen molar-refractivity contribution in [3.8, 4) is 5.75 Å². The number of nitrogens with one attached hydrogen (secondary N) is 1. The summed E-state index contributed by atoms with van der Waals surface area (Å²) < 4.78 is 10.2. The van der Waals surface area contributed by atoms with Gasteiger partial charge in [-0.2, -0.15) is 0 Å². The molecule has 4 nitrogen and oxygen atoms in total. The highest BCUT2D eigenvalue weighted by atomic mass is 16.5. The zero-order chi connectivity index (χ0) is 10.7. The van der Waals surface area contributed by atoms with Crippen LogP contribution in [-0.2, 0) is 9.53 Å². The van der Waals surface area contributed by atoms with Gasteiger partial charge in [0, 0.05) is 0 Å². The predicted molar refractivity (Wildman–Crippen MR) is 56.0 cm³/mol. The molecule has 15 heavy (non-hydrogen) atoms. The Balaban J connectivity index is 2.02. The molecule has 0 amide bonds. The highest BCUT2D eigenvalue weighted by Gasteiger charge is 2.21. The fourth-order valence-corrected chi connectivity index (χ4v) is 1.54. The number of benzene rings is 1. The topological polar surface area (TPSA) is 47.6 Å². The number of fused-ring (bicyclic) bond motifs is 1. The number of hydrogen-bond donors (Lipinski definition) is 1. The molecule has 0 bridgehead atoms. The average Bonchev–Trinajstić information content (AvgIpc) is 2.29. The van der Waals surface area contributed by atoms with Crippen LogP contribution in [-0.4, -0.2) is 25.7 Å². The van der Waals surface area contributed by atoms with Crippen LogP contribution in [0.15, 0.2) is 24.3 Å².